The summed E-state index contributed by atoms with van der Waals surface area (Å²) in [7, 11) is 1.58. The third-order valence-electron chi connectivity index (χ3n) is 3.43. The average molecular weight is 265 g/mol. The zero-order chi connectivity index (χ0) is 13.4. The fraction of sp³-hybridized carbons (Fsp3) is 0.462. The van der Waals surface area contributed by atoms with Gasteiger partial charge in [0.25, 0.3) is 0 Å². The molecule has 1 N–H and O–H groups in total. The van der Waals surface area contributed by atoms with Crippen molar-refractivity contribution in [3.05, 3.63) is 17.7 Å². The van der Waals surface area contributed by atoms with Crippen molar-refractivity contribution < 1.29 is 24.2 Å². The Morgan fingerprint density at radius 1 is 1.42 bits per heavy atom. The van der Waals surface area contributed by atoms with Crippen LogP contribution in [0.25, 0.3) is 0 Å². The van der Waals surface area contributed by atoms with E-state index in [-0.39, 0.29) is 25.4 Å². The molecule has 0 amide bonds. The van der Waals surface area contributed by atoms with Gasteiger partial charge in [-0.3, -0.25) is 0 Å². The molecule has 102 valence electrons. The number of aliphatic hydroxyl groups is 1. The van der Waals surface area contributed by atoms with E-state index in [0.29, 0.717) is 23.0 Å². The molecule has 0 saturated heterocycles. The van der Waals surface area contributed by atoms with Crippen LogP contribution in [-0.4, -0.2) is 31.3 Å². The highest BCUT2D eigenvalue weighted by Crippen LogP contribution is 2.45. The van der Waals surface area contributed by atoms with Gasteiger partial charge in [-0.15, -0.1) is 0 Å². The van der Waals surface area contributed by atoms with Gasteiger partial charge in [-0.05, 0) is 12.1 Å². The Labute approximate surface area is 110 Å². The molecule has 0 spiro atoms. The van der Waals surface area contributed by atoms with Crippen molar-refractivity contribution in [1.29, 1.82) is 0 Å². The number of methoxy groups -OCH3 is 1. The minimum atomic E-state index is -0.245. The molecule has 3 rings (SSSR count). The van der Waals surface area contributed by atoms with E-state index in [0.717, 1.165) is 5.56 Å². The molecule has 0 bridgehead atoms. The van der Waals surface area contributed by atoms with Crippen molar-refractivity contribution in [3.8, 4) is 17.2 Å². The average Bonchev–Trinajstić information content (AvgIpc) is 3.03. The Hall–Kier alpha value is -1.95. The molecule has 6 nitrogen and oxygen atoms in total. The van der Waals surface area contributed by atoms with Gasteiger partial charge >= 0.3 is 0 Å². The number of oxime groups is 1. The van der Waals surface area contributed by atoms with Gasteiger partial charge in [0.1, 0.15) is 0 Å². The summed E-state index contributed by atoms with van der Waals surface area (Å²) in [4.78, 5) is 5.39. The Bertz CT molecular complexity index is 528. The number of benzene rings is 1. The van der Waals surface area contributed by atoms with Crippen molar-refractivity contribution in [3.63, 3.8) is 0 Å². The number of hydrogen-bond acceptors (Lipinski definition) is 6. The number of ether oxygens (including phenoxy) is 3. The van der Waals surface area contributed by atoms with Crippen LogP contribution >= 0.6 is 0 Å². The molecule has 0 aliphatic carbocycles. The molecule has 1 aromatic carbocycles. The fourth-order valence-corrected chi connectivity index (χ4v) is 2.31. The lowest BCUT2D eigenvalue weighted by atomic mass is 9.94. The second-order valence-electron chi connectivity index (χ2n) is 4.51. The minimum Gasteiger partial charge on any atom is -0.493 e. The highest BCUT2D eigenvalue weighted by Gasteiger charge is 2.33. The monoisotopic (exact) mass is 265 g/mol. The van der Waals surface area contributed by atoms with Crippen LogP contribution in [0, 0.1) is 5.92 Å². The molecule has 19 heavy (non-hydrogen) atoms. The van der Waals surface area contributed by atoms with E-state index in [1.165, 1.54) is 0 Å². The molecule has 2 heterocycles. The number of hydrogen-bond donors (Lipinski definition) is 1. The summed E-state index contributed by atoms with van der Waals surface area (Å²) in [5.41, 5.74) is 1.53. The summed E-state index contributed by atoms with van der Waals surface area (Å²) < 4.78 is 16.0. The third-order valence-corrected chi connectivity index (χ3v) is 3.43. The van der Waals surface area contributed by atoms with Crippen LogP contribution in [0.2, 0.25) is 0 Å². The molecule has 0 fully saturated rings. The molecule has 2 atom stereocenters. The van der Waals surface area contributed by atoms with E-state index in [4.69, 9.17) is 19.0 Å². The first kappa shape index (κ1) is 12.1. The first-order valence-electron chi connectivity index (χ1n) is 6.05. The summed E-state index contributed by atoms with van der Waals surface area (Å²) in [6.45, 7) is 2.05. The third kappa shape index (κ3) is 1.88. The maximum atomic E-state index is 9.18. The molecule has 0 radical (unpaired) electrons. The second-order valence-corrected chi connectivity index (χ2v) is 4.51. The Morgan fingerprint density at radius 3 is 2.95 bits per heavy atom. The zero-order valence-corrected chi connectivity index (χ0v) is 10.8. The summed E-state index contributed by atoms with van der Waals surface area (Å²) in [5, 5.41) is 13.1. The van der Waals surface area contributed by atoms with Gasteiger partial charge < -0.3 is 24.2 Å². The number of fused-ring (bicyclic) bond motifs is 1. The Balaban J connectivity index is 1.95. The maximum absolute atomic E-state index is 9.18. The van der Waals surface area contributed by atoms with Crippen LogP contribution in [0.4, 0.5) is 0 Å². The Kier molecular flexibility index (Phi) is 2.94. The Morgan fingerprint density at radius 2 is 2.26 bits per heavy atom. The smallest absolute Gasteiger partial charge is 0.231 e. The standard InChI is InChI=1S/C13H15NO5/c1-7-9(5-15)14-19-12(7)8-3-10(16-2)13-11(4-8)17-6-18-13/h3-4,7,12,15H,5-6H2,1-2H3. The molecule has 2 aliphatic heterocycles. The van der Waals surface area contributed by atoms with Gasteiger partial charge in [-0.25, -0.2) is 0 Å². The van der Waals surface area contributed by atoms with E-state index < -0.39 is 0 Å². The lowest BCUT2D eigenvalue weighted by Gasteiger charge is -2.16. The molecule has 2 aliphatic rings. The lowest BCUT2D eigenvalue weighted by Crippen LogP contribution is -2.16. The number of aliphatic hydroxyl groups excluding tert-OH is 1. The lowest BCUT2D eigenvalue weighted by molar-refractivity contribution is 0.0650. The predicted molar refractivity (Wildman–Crippen MR) is 66.6 cm³/mol. The number of nitrogens with zero attached hydrogens (tertiary/aromatic N) is 1. The van der Waals surface area contributed by atoms with Gasteiger partial charge in [0.05, 0.1) is 19.4 Å². The summed E-state index contributed by atoms with van der Waals surface area (Å²) in [6, 6.07) is 3.71. The maximum Gasteiger partial charge on any atom is 0.231 e. The second kappa shape index (κ2) is 4.62. The molecule has 0 aromatic heterocycles. The summed E-state index contributed by atoms with van der Waals surface area (Å²) in [5.74, 6) is 1.87. The minimum absolute atomic E-state index is 0.00933. The predicted octanol–water partition coefficient (Wildman–Crippen LogP) is 1.48. The van der Waals surface area contributed by atoms with Gasteiger partial charge in [0.2, 0.25) is 12.5 Å². The van der Waals surface area contributed by atoms with Crippen LogP contribution in [0.3, 0.4) is 0 Å². The summed E-state index contributed by atoms with van der Waals surface area (Å²) in [6.07, 6.45) is -0.245. The van der Waals surface area contributed by atoms with Crippen molar-refractivity contribution in [1.82, 2.24) is 0 Å². The van der Waals surface area contributed by atoms with Crippen molar-refractivity contribution in [2.75, 3.05) is 20.5 Å². The highest BCUT2D eigenvalue weighted by atomic mass is 16.7. The molecule has 6 heteroatoms. The van der Waals surface area contributed by atoms with E-state index in [9.17, 15) is 5.11 Å². The van der Waals surface area contributed by atoms with E-state index in [1.807, 2.05) is 19.1 Å². The van der Waals surface area contributed by atoms with Crippen molar-refractivity contribution >= 4 is 5.71 Å². The van der Waals surface area contributed by atoms with Gasteiger partial charge in [-0.1, -0.05) is 12.1 Å². The van der Waals surface area contributed by atoms with Crippen molar-refractivity contribution in [2.24, 2.45) is 11.1 Å². The first-order chi connectivity index (χ1) is 9.24. The largest absolute Gasteiger partial charge is 0.493 e. The first-order valence-corrected chi connectivity index (χ1v) is 6.05. The van der Waals surface area contributed by atoms with Gasteiger partial charge in [0, 0.05) is 11.5 Å². The molecular weight excluding hydrogens is 250 g/mol. The van der Waals surface area contributed by atoms with E-state index >= 15 is 0 Å². The van der Waals surface area contributed by atoms with Crippen LogP contribution in [0.5, 0.6) is 17.2 Å². The molecule has 0 saturated carbocycles. The molecule has 1 aromatic rings. The van der Waals surface area contributed by atoms with E-state index in [2.05, 4.69) is 5.16 Å². The topological polar surface area (TPSA) is 69.5 Å². The molecular formula is C13H15NO5. The fourth-order valence-electron chi connectivity index (χ4n) is 2.31. The van der Waals surface area contributed by atoms with Crippen LogP contribution in [-0.2, 0) is 4.84 Å². The SMILES string of the molecule is COc1cc(C2ON=C(CO)C2C)cc2c1OCO2. The van der Waals surface area contributed by atoms with Gasteiger partial charge in [0.15, 0.2) is 17.6 Å². The zero-order valence-electron chi connectivity index (χ0n) is 10.8. The van der Waals surface area contributed by atoms with Crippen LogP contribution < -0.4 is 14.2 Å². The number of rotatable bonds is 3. The van der Waals surface area contributed by atoms with Crippen molar-refractivity contribution in [2.45, 2.75) is 13.0 Å². The normalized spacial score (nSPS) is 24.1. The van der Waals surface area contributed by atoms with E-state index in [1.54, 1.807) is 7.11 Å². The quantitative estimate of drug-likeness (QED) is 0.896. The molecule has 2 unspecified atom stereocenters. The summed E-state index contributed by atoms with van der Waals surface area (Å²) >= 11 is 0. The van der Waals surface area contributed by atoms with Crippen LogP contribution in [0.1, 0.15) is 18.6 Å². The van der Waals surface area contributed by atoms with Crippen LogP contribution in [0.15, 0.2) is 17.3 Å². The van der Waals surface area contributed by atoms with Gasteiger partial charge in [-0.2, -0.15) is 0 Å². The highest BCUT2D eigenvalue weighted by molar-refractivity contribution is 5.88.